The van der Waals surface area contributed by atoms with Crippen LogP contribution >= 0.6 is 0 Å². The number of anilines is 1. The van der Waals surface area contributed by atoms with Gasteiger partial charge in [-0.05, 0) is 48.7 Å². The number of aromatic nitrogens is 1. The summed E-state index contributed by atoms with van der Waals surface area (Å²) in [7, 11) is 0. The van der Waals surface area contributed by atoms with Crippen molar-refractivity contribution in [1.29, 1.82) is 0 Å². The highest BCUT2D eigenvalue weighted by molar-refractivity contribution is 5.45. The molecule has 0 saturated carbocycles. The van der Waals surface area contributed by atoms with Crippen LogP contribution in [0.3, 0.4) is 0 Å². The predicted molar refractivity (Wildman–Crippen MR) is 84.8 cm³/mol. The summed E-state index contributed by atoms with van der Waals surface area (Å²) in [4.78, 5) is 3.98. The Hall–Kier alpha value is -2.10. The second kappa shape index (κ2) is 8.25. The van der Waals surface area contributed by atoms with Crippen LogP contribution in [0.5, 0.6) is 5.75 Å². The number of nitrogen functional groups attached to an aromatic ring is 1. The molecule has 1 atom stereocenters. The number of ether oxygens (including phenoxy) is 1. The van der Waals surface area contributed by atoms with Gasteiger partial charge >= 0.3 is 0 Å². The van der Waals surface area contributed by atoms with Crippen molar-refractivity contribution < 1.29 is 9.13 Å². The Bertz CT molecular complexity index is 572. The molecule has 2 aromatic rings. The zero-order valence-electron chi connectivity index (χ0n) is 13.1. The lowest BCUT2D eigenvalue weighted by Gasteiger charge is -2.20. The largest absolute Gasteiger partial charge is 0.482 e. The van der Waals surface area contributed by atoms with Crippen LogP contribution in [0.15, 0.2) is 36.5 Å². The van der Waals surface area contributed by atoms with Crippen LogP contribution in [0, 0.1) is 12.7 Å². The Balaban J connectivity index is 0.00000106. The van der Waals surface area contributed by atoms with Crippen LogP contribution in [0.2, 0.25) is 0 Å². The molecule has 0 aliphatic carbocycles. The van der Waals surface area contributed by atoms with Crippen molar-refractivity contribution in [1.82, 2.24) is 4.98 Å². The minimum Gasteiger partial charge on any atom is -0.482 e. The minimum atomic E-state index is -0.262. The molecule has 1 heterocycles. The number of nitrogens with two attached hydrogens (primary N) is 1. The lowest BCUT2D eigenvalue weighted by molar-refractivity contribution is 0.201. The normalized spacial score (nSPS) is 11.3. The molecule has 0 saturated heterocycles. The Morgan fingerprint density at radius 1 is 1.29 bits per heavy atom. The van der Waals surface area contributed by atoms with Gasteiger partial charge in [0.1, 0.15) is 11.9 Å². The van der Waals surface area contributed by atoms with Crippen LogP contribution < -0.4 is 10.5 Å². The number of benzene rings is 1. The van der Waals surface area contributed by atoms with E-state index in [1.807, 2.05) is 27.7 Å². The lowest BCUT2D eigenvalue weighted by Crippen LogP contribution is -2.10. The van der Waals surface area contributed by atoms with E-state index < -0.39 is 0 Å². The van der Waals surface area contributed by atoms with Crippen LogP contribution in [0.25, 0.3) is 0 Å². The van der Waals surface area contributed by atoms with Gasteiger partial charge in [0.05, 0.1) is 0 Å². The van der Waals surface area contributed by atoms with Crippen molar-refractivity contribution in [2.75, 3.05) is 5.73 Å². The van der Waals surface area contributed by atoms with E-state index in [0.717, 1.165) is 17.5 Å². The zero-order chi connectivity index (χ0) is 15.8. The van der Waals surface area contributed by atoms with Gasteiger partial charge in [-0.1, -0.05) is 26.8 Å². The van der Waals surface area contributed by atoms with Gasteiger partial charge in [0, 0.05) is 6.20 Å². The summed E-state index contributed by atoms with van der Waals surface area (Å²) < 4.78 is 19.2. The van der Waals surface area contributed by atoms with E-state index in [9.17, 15) is 4.39 Å². The van der Waals surface area contributed by atoms with Crippen molar-refractivity contribution in [2.24, 2.45) is 0 Å². The molecule has 3 nitrogen and oxygen atoms in total. The number of rotatable bonds is 4. The first kappa shape index (κ1) is 17.0. The van der Waals surface area contributed by atoms with E-state index >= 15 is 0 Å². The summed E-state index contributed by atoms with van der Waals surface area (Å²) >= 11 is 0. The Morgan fingerprint density at radius 2 is 2.00 bits per heavy atom. The van der Waals surface area contributed by atoms with E-state index in [1.54, 1.807) is 24.4 Å². The zero-order valence-corrected chi connectivity index (χ0v) is 13.1. The maximum Gasteiger partial charge on any atom is 0.166 e. The molecule has 2 rings (SSSR count). The van der Waals surface area contributed by atoms with Gasteiger partial charge in [-0.25, -0.2) is 9.37 Å². The number of aryl methyl sites for hydroxylation is 1. The molecule has 1 aromatic heterocycles. The van der Waals surface area contributed by atoms with Crippen LogP contribution in [-0.2, 0) is 0 Å². The first-order valence-corrected chi connectivity index (χ1v) is 7.25. The molecule has 1 unspecified atom stereocenters. The van der Waals surface area contributed by atoms with Crippen LogP contribution in [0.4, 0.5) is 10.2 Å². The Kier molecular flexibility index (Phi) is 6.66. The molecule has 0 radical (unpaired) electrons. The van der Waals surface area contributed by atoms with Crippen molar-refractivity contribution in [3.8, 4) is 5.75 Å². The third-order valence-electron chi connectivity index (χ3n) is 3.03. The summed E-state index contributed by atoms with van der Waals surface area (Å²) in [6.45, 7) is 7.93. The van der Waals surface area contributed by atoms with Crippen molar-refractivity contribution in [3.63, 3.8) is 0 Å². The fourth-order valence-corrected chi connectivity index (χ4v) is 1.98. The third kappa shape index (κ3) is 4.45. The molecule has 0 fully saturated rings. The molecule has 1 aromatic carbocycles. The molecular weight excluding hydrogens is 267 g/mol. The van der Waals surface area contributed by atoms with Gasteiger partial charge in [-0.2, -0.15) is 0 Å². The average Bonchev–Trinajstić information content (AvgIpc) is 2.51. The number of hydrogen-bond donors (Lipinski definition) is 1. The van der Waals surface area contributed by atoms with E-state index in [2.05, 4.69) is 4.98 Å². The van der Waals surface area contributed by atoms with Crippen molar-refractivity contribution in [2.45, 2.75) is 40.2 Å². The standard InChI is InChI=1S/C15H17FN2O.C2H6/c1-3-13(12-9-11(16)7-6-10(12)2)19-14-5-4-8-18-15(14)17;1-2/h4-9,13H,3H2,1-2H3,(H2,17,18);1-2H3. The van der Waals surface area contributed by atoms with Gasteiger partial charge in [0.2, 0.25) is 0 Å². The van der Waals surface area contributed by atoms with Gasteiger partial charge < -0.3 is 10.5 Å². The smallest absolute Gasteiger partial charge is 0.166 e. The molecule has 2 N–H and O–H groups in total. The van der Waals surface area contributed by atoms with Crippen molar-refractivity contribution in [3.05, 3.63) is 53.5 Å². The maximum atomic E-state index is 13.4. The van der Waals surface area contributed by atoms with Gasteiger partial charge in [0.15, 0.2) is 11.6 Å². The molecule has 0 spiro atoms. The molecular formula is C17H23FN2O. The van der Waals surface area contributed by atoms with Crippen LogP contribution in [0.1, 0.15) is 44.4 Å². The summed E-state index contributed by atoms with van der Waals surface area (Å²) in [6, 6.07) is 8.24. The molecule has 114 valence electrons. The SMILES string of the molecule is CC.CCC(Oc1cccnc1N)c1cc(F)ccc1C. The minimum absolute atomic E-state index is 0.234. The number of pyridine rings is 1. The van der Waals surface area contributed by atoms with Gasteiger partial charge in [0.25, 0.3) is 0 Å². The molecule has 0 bridgehead atoms. The fraction of sp³-hybridized carbons (Fsp3) is 0.353. The third-order valence-corrected chi connectivity index (χ3v) is 3.03. The average molecular weight is 290 g/mol. The molecule has 0 aliphatic heterocycles. The highest BCUT2D eigenvalue weighted by Gasteiger charge is 2.16. The summed E-state index contributed by atoms with van der Waals surface area (Å²) in [5.41, 5.74) is 7.59. The second-order valence-electron chi connectivity index (χ2n) is 4.40. The van der Waals surface area contributed by atoms with E-state index in [1.165, 1.54) is 12.1 Å². The number of hydrogen-bond acceptors (Lipinski definition) is 3. The highest BCUT2D eigenvalue weighted by Crippen LogP contribution is 2.29. The molecule has 0 amide bonds. The quantitative estimate of drug-likeness (QED) is 0.890. The summed E-state index contributed by atoms with van der Waals surface area (Å²) in [5, 5.41) is 0. The lowest BCUT2D eigenvalue weighted by atomic mass is 10.0. The molecule has 4 heteroatoms. The highest BCUT2D eigenvalue weighted by atomic mass is 19.1. The van der Waals surface area contributed by atoms with Gasteiger partial charge in [-0.3, -0.25) is 0 Å². The van der Waals surface area contributed by atoms with E-state index in [-0.39, 0.29) is 11.9 Å². The molecule has 0 aliphatic rings. The fourth-order valence-electron chi connectivity index (χ4n) is 1.98. The monoisotopic (exact) mass is 290 g/mol. The van der Waals surface area contributed by atoms with Crippen LogP contribution in [-0.4, -0.2) is 4.98 Å². The maximum absolute atomic E-state index is 13.4. The Morgan fingerprint density at radius 3 is 2.62 bits per heavy atom. The van der Waals surface area contributed by atoms with E-state index in [0.29, 0.717) is 11.6 Å². The Labute approximate surface area is 126 Å². The second-order valence-corrected chi connectivity index (χ2v) is 4.40. The van der Waals surface area contributed by atoms with Crippen molar-refractivity contribution >= 4 is 5.82 Å². The first-order chi connectivity index (χ1) is 10.1. The summed E-state index contributed by atoms with van der Waals surface area (Å²) in [5.74, 6) is 0.606. The topological polar surface area (TPSA) is 48.1 Å². The predicted octanol–water partition coefficient (Wildman–Crippen LogP) is 4.67. The van der Waals surface area contributed by atoms with E-state index in [4.69, 9.17) is 10.5 Å². The number of nitrogens with zero attached hydrogens (tertiary/aromatic N) is 1. The number of halogens is 1. The van der Waals surface area contributed by atoms with Gasteiger partial charge in [-0.15, -0.1) is 0 Å². The summed E-state index contributed by atoms with van der Waals surface area (Å²) in [6.07, 6.45) is 2.09. The first-order valence-electron chi connectivity index (χ1n) is 7.25. The molecule has 21 heavy (non-hydrogen) atoms.